The second kappa shape index (κ2) is 3.83. The zero-order valence-electron chi connectivity index (χ0n) is 6.54. The highest BCUT2D eigenvalue weighted by atomic mass is 79.9. The van der Waals surface area contributed by atoms with Gasteiger partial charge in [-0.25, -0.2) is 8.78 Å². The summed E-state index contributed by atoms with van der Waals surface area (Å²) in [5.74, 6) is -3.84. The van der Waals surface area contributed by atoms with E-state index in [0.29, 0.717) is 6.08 Å². The molecule has 1 atom stereocenters. The van der Waals surface area contributed by atoms with Gasteiger partial charge in [0.05, 0.1) is 6.42 Å². The largest absolute Gasteiger partial charge is 0.443 e. The Balaban J connectivity index is 2.83. The topological polar surface area (TPSA) is 9.23 Å². The monoisotopic (exact) mass is 294 g/mol. The number of halogens is 6. The van der Waals surface area contributed by atoms with Crippen LogP contribution in [0.3, 0.4) is 0 Å². The third-order valence-corrected chi connectivity index (χ3v) is 1.88. The van der Waals surface area contributed by atoms with Crippen molar-refractivity contribution in [3.63, 3.8) is 0 Å². The second-order valence-corrected chi connectivity index (χ2v) is 3.99. The lowest BCUT2D eigenvalue weighted by Gasteiger charge is -2.26. The van der Waals surface area contributed by atoms with Gasteiger partial charge in [0.15, 0.2) is 0 Å². The third-order valence-electron chi connectivity index (χ3n) is 1.34. The first-order chi connectivity index (χ1) is 6.20. The molecule has 0 aliphatic heterocycles. The molecule has 0 bridgehead atoms. The van der Waals surface area contributed by atoms with E-state index in [0.717, 1.165) is 6.08 Å². The van der Waals surface area contributed by atoms with Crippen LogP contribution in [0.4, 0.5) is 17.6 Å². The van der Waals surface area contributed by atoms with Crippen molar-refractivity contribution in [3.8, 4) is 0 Å². The van der Waals surface area contributed by atoms with Gasteiger partial charge in [0, 0.05) is 4.48 Å². The fraction of sp³-hybridized carbons (Fsp3) is 0.429. The van der Waals surface area contributed by atoms with Crippen LogP contribution >= 0.6 is 27.5 Å². The van der Waals surface area contributed by atoms with E-state index in [9.17, 15) is 17.6 Å². The predicted octanol–water partition coefficient (Wildman–Crippen LogP) is 3.99. The summed E-state index contributed by atoms with van der Waals surface area (Å²) in [7, 11) is 0. The summed E-state index contributed by atoms with van der Waals surface area (Å²) in [6.07, 6.45) is 0.699. The van der Waals surface area contributed by atoms with Crippen molar-refractivity contribution in [2.45, 2.75) is 17.8 Å². The first-order valence-electron chi connectivity index (χ1n) is 3.40. The summed E-state index contributed by atoms with van der Waals surface area (Å²) in [6, 6.07) is 0. The van der Waals surface area contributed by atoms with Crippen LogP contribution < -0.4 is 0 Å². The third kappa shape index (κ3) is 3.59. The van der Waals surface area contributed by atoms with E-state index in [4.69, 9.17) is 0 Å². The second-order valence-electron chi connectivity index (χ2n) is 2.63. The number of ether oxygens (including phenoxy) is 1. The molecule has 0 aromatic carbocycles. The highest BCUT2D eigenvalue weighted by Gasteiger charge is 2.43. The lowest BCUT2D eigenvalue weighted by atomic mass is 10.1. The van der Waals surface area contributed by atoms with Crippen LogP contribution in [0.5, 0.6) is 0 Å². The average Bonchev–Trinajstić information content (AvgIpc) is 1.74. The molecule has 0 heterocycles. The van der Waals surface area contributed by atoms with E-state index in [1.807, 2.05) is 0 Å². The van der Waals surface area contributed by atoms with Crippen LogP contribution in [0.1, 0.15) is 6.42 Å². The van der Waals surface area contributed by atoms with E-state index in [1.165, 1.54) is 0 Å². The molecule has 1 aliphatic carbocycles. The zero-order valence-corrected chi connectivity index (χ0v) is 8.88. The molecule has 1 rings (SSSR count). The van der Waals surface area contributed by atoms with Gasteiger partial charge in [-0.1, -0.05) is 15.9 Å². The summed E-state index contributed by atoms with van der Waals surface area (Å²) in [5.41, 5.74) is -4.17. The van der Waals surface area contributed by atoms with Crippen molar-refractivity contribution in [2.75, 3.05) is 0 Å². The van der Waals surface area contributed by atoms with Gasteiger partial charge in [0.1, 0.15) is 5.83 Å². The van der Waals surface area contributed by atoms with Gasteiger partial charge in [-0.3, -0.25) is 4.74 Å². The molecule has 0 N–H and O–H groups in total. The van der Waals surface area contributed by atoms with Gasteiger partial charge in [0.2, 0.25) is 5.85 Å². The Labute approximate surface area is 90.5 Å². The normalized spacial score (nSPS) is 28.4. The minimum absolute atomic E-state index is 0.0235. The Morgan fingerprint density at radius 1 is 1.57 bits per heavy atom. The van der Waals surface area contributed by atoms with Crippen LogP contribution in [-0.2, 0) is 4.74 Å². The van der Waals surface area contributed by atoms with Crippen molar-refractivity contribution < 1.29 is 22.3 Å². The Bertz CT molecular complexity index is 299. The Morgan fingerprint density at radius 3 is 2.57 bits per heavy atom. The summed E-state index contributed by atoms with van der Waals surface area (Å²) in [5, 5.41) is 0. The molecule has 0 aromatic heterocycles. The van der Waals surface area contributed by atoms with E-state index in [1.54, 1.807) is 0 Å². The lowest BCUT2D eigenvalue weighted by molar-refractivity contribution is -0.267. The van der Waals surface area contributed by atoms with Crippen molar-refractivity contribution in [3.05, 3.63) is 22.5 Å². The van der Waals surface area contributed by atoms with Crippen LogP contribution in [0, 0.1) is 0 Å². The molecule has 14 heavy (non-hydrogen) atoms. The standard InChI is InChI=1S/C7H4BrClF4O/c8-4-1-5(10)3-6(11,2-4)14-7(9,12)13/h1-2H,3H2. The molecule has 1 unspecified atom stereocenters. The zero-order chi connectivity index (χ0) is 11.0. The number of allylic oxidation sites excluding steroid dienone is 2. The van der Waals surface area contributed by atoms with Gasteiger partial charge in [-0.2, -0.15) is 8.78 Å². The fourth-order valence-corrected chi connectivity index (χ4v) is 1.71. The van der Waals surface area contributed by atoms with Gasteiger partial charge >= 0.3 is 5.57 Å². The predicted molar refractivity (Wildman–Crippen MR) is 46.5 cm³/mol. The molecule has 0 saturated carbocycles. The van der Waals surface area contributed by atoms with Crippen molar-refractivity contribution in [1.82, 2.24) is 0 Å². The van der Waals surface area contributed by atoms with E-state index in [2.05, 4.69) is 32.3 Å². The molecule has 0 aromatic rings. The minimum Gasteiger partial charge on any atom is -0.265 e. The van der Waals surface area contributed by atoms with Gasteiger partial charge in [-0.15, -0.1) is 0 Å². The lowest BCUT2D eigenvalue weighted by Crippen LogP contribution is -2.33. The van der Waals surface area contributed by atoms with Crippen molar-refractivity contribution >= 4 is 27.5 Å². The highest BCUT2D eigenvalue weighted by Crippen LogP contribution is 2.38. The molecule has 1 aliphatic rings. The van der Waals surface area contributed by atoms with Crippen molar-refractivity contribution in [2.24, 2.45) is 0 Å². The molecule has 0 amide bonds. The van der Waals surface area contributed by atoms with Gasteiger partial charge in [-0.05, 0) is 23.8 Å². The van der Waals surface area contributed by atoms with Crippen molar-refractivity contribution in [1.29, 1.82) is 0 Å². The van der Waals surface area contributed by atoms with Crippen LogP contribution in [-0.4, -0.2) is 11.4 Å². The first kappa shape index (κ1) is 12.0. The Morgan fingerprint density at radius 2 is 2.14 bits per heavy atom. The molecule has 0 fully saturated rings. The fourth-order valence-electron chi connectivity index (χ4n) is 0.987. The highest BCUT2D eigenvalue weighted by molar-refractivity contribution is 9.11. The maximum atomic E-state index is 13.4. The summed E-state index contributed by atoms with van der Waals surface area (Å²) in [4.78, 5) is 0. The smallest absolute Gasteiger partial charge is 0.265 e. The number of hydrogen-bond acceptors (Lipinski definition) is 1. The van der Waals surface area contributed by atoms with E-state index < -0.39 is 23.7 Å². The van der Waals surface area contributed by atoms with Crippen LogP contribution in [0.15, 0.2) is 22.5 Å². The minimum atomic E-state index is -4.17. The number of rotatable bonds is 2. The summed E-state index contributed by atoms with van der Waals surface area (Å²) >= 11 is 7.12. The molecule has 0 saturated heterocycles. The molecule has 0 radical (unpaired) electrons. The Kier molecular flexibility index (Phi) is 3.28. The quantitative estimate of drug-likeness (QED) is 0.553. The first-order valence-corrected chi connectivity index (χ1v) is 4.57. The maximum absolute atomic E-state index is 13.4. The molecular weight excluding hydrogens is 291 g/mol. The van der Waals surface area contributed by atoms with Gasteiger partial charge in [0.25, 0.3) is 0 Å². The molecule has 0 spiro atoms. The molecule has 80 valence electrons. The summed E-state index contributed by atoms with van der Waals surface area (Å²) < 4.78 is 53.9. The molecule has 7 heteroatoms. The van der Waals surface area contributed by atoms with E-state index in [-0.39, 0.29) is 4.48 Å². The average molecular weight is 295 g/mol. The van der Waals surface area contributed by atoms with E-state index >= 15 is 0 Å². The summed E-state index contributed by atoms with van der Waals surface area (Å²) in [6.45, 7) is 0. The Hall–Kier alpha value is -0.0700. The SMILES string of the molecule is FC1=CC(Br)=CC(F)(OC(F)(F)Cl)C1. The maximum Gasteiger partial charge on any atom is 0.443 e. The molecule has 1 nitrogen and oxygen atoms in total. The van der Waals surface area contributed by atoms with Gasteiger partial charge < -0.3 is 0 Å². The van der Waals surface area contributed by atoms with Crippen LogP contribution in [0.2, 0.25) is 0 Å². The number of alkyl halides is 4. The van der Waals surface area contributed by atoms with Crippen LogP contribution in [0.25, 0.3) is 0 Å². The molecular formula is C7H4BrClF4O. The number of hydrogen-bond donors (Lipinski definition) is 0.